The van der Waals surface area contributed by atoms with Crippen molar-refractivity contribution in [3.05, 3.63) is 22.8 Å². The van der Waals surface area contributed by atoms with Crippen LogP contribution in [0.3, 0.4) is 0 Å². The van der Waals surface area contributed by atoms with Gasteiger partial charge in [-0.2, -0.15) is 0 Å². The highest BCUT2D eigenvalue weighted by atomic mass is 35.5. The summed E-state index contributed by atoms with van der Waals surface area (Å²) in [7, 11) is 0. The molecule has 1 amide bonds. The van der Waals surface area contributed by atoms with Crippen molar-refractivity contribution in [1.82, 2.24) is 10.3 Å². The molecule has 1 aromatic rings. The van der Waals surface area contributed by atoms with Gasteiger partial charge in [-0.1, -0.05) is 11.6 Å². The van der Waals surface area contributed by atoms with E-state index in [0.29, 0.717) is 12.4 Å². The average molecular weight is 296 g/mol. The average Bonchev–Trinajstić information content (AvgIpc) is 2.81. The molecule has 2 fully saturated rings. The van der Waals surface area contributed by atoms with Crippen molar-refractivity contribution in [1.29, 1.82) is 0 Å². The number of pyridine rings is 1. The van der Waals surface area contributed by atoms with Crippen molar-refractivity contribution < 1.29 is 14.7 Å². The molecule has 20 heavy (non-hydrogen) atoms. The van der Waals surface area contributed by atoms with E-state index < -0.39 is 5.97 Å². The first-order chi connectivity index (χ1) is 9.58. The fraction of sp³-hybridized carbons (Fsp3) is 0.462. The predicted molar refractivity (Wildman–Crippen MR) is 73.1 cm³/mol. The number of hydrogen-bond donors (Lipinski definition) is 2. The van der Waals surface area contributed by atoms with E-state index in [2.05, 4.69) is 10.3 Å². The molecule has 6 nitrogen and oxygen atoms in total. The van der Waals surface area contributed by atoms with E-state index in [1.165, 1.54) is 12.3 Å². The minimum atomic E-state index is -1.08. The van der Waals surface area contributed by atoms with Crippen molar-refractivity contribution in [3.63, 3.8) is 0 Å². The quantitative estimate of drug-likeness (QED) is 0.855. The molecule has 0 radical (unpaired) electrons. The fourth-order valence-corrected chi connectivity index (χ4v) is 3.17. The molecule has 2 N–H and O–H groups in total. The van der Waals surface area contributed by atoms with Gasteiger partial charge in [0, 0.05) is 19.3 Å². The van der Waals surface area contributed by atoms with E-state index in [4.69, 9.17) is 16.7 Å². The number of anilines is 1. The summed E-state index contributed by atoms with van der Waals surface area (Å²) < 4.78 is 0. The highest BCUT2D eigenvalue weighted by Gasteiger charge is 2.41. The highest BCUT2D eigenvalue weighted by Crippen LogP contribution is 2.31. The number of carboxylic acids is 1. The lowest BCUT2D eigenvalue weighted by Gasteiger charge is -2.36. The SMILES string of the molecule is O=C(O)c1cc(N2CCCC3C(=O)NCC32)ncc1Cl. The Bertz CT molecular complexity index is 578. The number of nitrogens with zero attached hydrogens (tertiary/aromatic N) is 2. The van der Waals surface area contributed by atoms with E-state index in [1.54, 1.807) is 0 Å². The zero-order valence-electron chi connectivity index (χ0n) is 10.7. The number of carboxylic acid groups (broad SMARTS) is 1. The molecule has 2 atom stereocenters. The summed E-state index contributed by atoms with van der Waals surface area (Å²) in [5.74, 6) is -0.465. The summed E-state index contributed by atoms with van der Waals surface area (Å²) in [5, 5.41) is 12.1. The van der Waals surface area contributed by atoms with Gasteiger partial charge >= 0.3 is 5.97 Å². The minimum Gasteiger partial charge on any atom is -0.478 e. The smallest absolute Gasteiger partial charge is 0.337 e. The van der Waals surface area contributed by atoms with E-state index >= 15 is 0 Å². The highest BCUT2D eigenvalue weighted by molar-refractivity contribution is 6.33. The molecule has 3 heterocycles. The number of rotatable bonds is 2. The van der Waals surface area contributed by atoms with Crippen molar-refractivity contribution in [2.24, 2.45) is 5.92 Å². The van der Waals surface area contributed by atoms with E-state index in [9.17, 15) is 9.59 Å². The van der Waals surface area contributed by atoms with Gasteiger partial charge in [-0.3, -0.25) is 4.79 Å². The van der Waals surface area contributed by atoms with Gasteiger partial charge in [0.05, 0.1) is 22.5 Å². The van der Waals surface area contributed by atoms with Gasteiger partial charge in [0.1, 0.15) is 5.82 Å². The van der Waals surface area contributed by atoms with Crippen LogP contribution >= 0.6 is 11.6 Å². The van der Waals surface area contributed by atoms with Gasteiger partial charge in [-0.05, 0) is 18.9 Å². The van der Waals surface area contributed by atoms with E-state index in [-0.39, 0.29) is 28.5 Å². The molecular formula is C13H14ClN3O3. The van der Waals surface area contributed by atoms with Crippen LogP contribution in [0.15, 0.2) is 12.3 Å². The third kappa shape index (κ3) is 2.10. The van der Waals surface area contributed by atoms with Crippen LogP contribution < -0.4 is 10.2 Å². The van der Waals surface area contributed by atoms with Gasteiger partial charge in [-0.25, -0.2) is 9.78 Å². The molecule has 2 saturated heterocycles. The largest absolute Gasteiger partial charge is 0.478 e. The van der Waals surface area contributed by atoms with Crippen molar-refractivity contribution in [2.75, 3.05) is 18.0 Å². The molecule has 0 bridgehead atoms. The van der Waals surface area contributed by atoms with Crippen LogP contribution in [0.4, 0.5) is 5.82 Å². The summed E-state index contributed by atoms with van der Waals surface area (Å²) in [5.41, 5.74) is 0.0380. The van der Waals surface area contributed by atoms with E-state index in [1.807, 2.05) is 4.90 Å². The first-order valence-corrected chi connectivity index (χ1v) is 6.89. The molecule has 0 saturated carbocycles. The normalized spacial score (nSPS) is 25.2. The van der Waals surface area contributed by atoms with Crippen LogP contribution in [0.25, 0.3) is 0 Å². The van der Waals surface area contributed by atoms with Crippen LogP contribution in [-0.4, -0.2) is 41.1 Å². The van der Waals surface area contributed by atoms with Gasteiger partial charge in [0.15, 0.2) is 0 Å². The summed E-state index contributed by atoms with van der Waals surface area (Å²) in [4.78, 5) is 29.1. The number of halogens is 1. The van der Waals surface area contributed by atoms with Crippen molar-refractivity contribution >= 4 is 29.3 Å². The zero-order valence-corrected chi connectivity index (χ0v) is 11.4. The van der Waals surface area contributed by atoms with Crippen LogP contribution in [0.5, 0.6) is 0 Å². The summed E-state index contributed by atoms with van der Waals surface area (Å²) in [6, 6.07) is 1.53. The second-order valence-corrected chi connectivity index (χ2v) is 5.49. The molecule has 7 heteroatoms. The van der Waals surface area contributed by atoms with Crippen molar-refractivity contribution in [2.45, 2.75) is 18.9 Å². The monoisotopic (exact) mass is 295 g/mol. The second-order valence-electron chi connectivity index (χ2n) is 5.08. The first kappa shape index (κ1) is 13.2. The Morgan fingerprint density at radius 1 is 1.55 bits per heavy atom. The van der Waals surface area contributed by atoms with Gasteiger partial charge < -0.3 is 15.3 Å². The Morgan fingerprint density at radius 2 is 2.35 bits per heavy atom. The molecule has 0 aliphatic carbocycles. The number of aromatic nitrogens is 1. The van der Waals surface area contributed by atoms with Gasteiger partial charge in [0.25, 0.3) is 0 Å². The summed E-state index contributed by atoms with van der Waals surface area (Å²) >= 11 is 5.84. The number of carbonyl (C=O) groups is 2. The predicted octanol–water partition coefficient (Wildman–Crippen LogP) is 1.15. The van der Waals surface area contributed by atoms with Crippen LogP contribution in [-0.2, 0) is 4.79 Å². The van der Waals surface area contributed by atoms with Crippen LogP contribution in [0, 0.1) is 5.92 Å². The third-order valence-corrected chi connectivity index (χ3v) is 4.27. The van der Waals surface area contributed by atoms with E-state index in [0.717, 1.165) is 19.4 Å². The molecule has 106 valence electrons. The maximum atomic E-state index is 11.7. The van der Waals surface area contributed by atoms with Crippen LogP contribution in [0.1, 0.15) is 23.2 Å². The lowest BCUT2D eigenvalue weighted by atomic mass is 9.91. The number of carbonyl (C=O) groups excluding carboxylic acids is 1. The molecule has 2 aliphatic rings. The molecule has 3 rings (SSSR count). The third-order valence-electron chi connectivity index (χ3n) is 3.97. The maximum Gasteiger partial charge on any atom is 0.337 e. The first-order valence-electron chi connectivity index (χ1n) is 6.51. The number of amides is 1. The molecule has 0 aromatic carbocycles. The lowest BCUT2D eigenvalue weighted by molar-refractivity contribution is -0.123. The fourth-order valence-electron chi connectivity index (χ4n) is 2.98. The number of fused-ring (bicyclic) bond motifs is 1. The Kier molecular flexibility index (Phi) is 3.25. The van der Waals surface area contributed by atoms with Crippen LogP contribution in [0.2, 0.25) is 5.02 Å². The zero-order chi connectivity index (χ0) is 14.3. The molecular weight excluding hydrogens is 282 g/mol. The van der Waals surface area contributed by atoms with Gasteiger partial charge in [0.2, 0.25) is 5.91 Å². The van der Waals surface area contributed by atoms with Gasteiger partial charge in [-0.15, -0.1) is 0 Å². The Balaban J connectivity index is 1.94. The summed E-state index contributed by atoms with van der Waals surface area (Å²) in [6.07, 6.45) is 3.11. The Labute approximate surface area is 120 Å². The molecule has 1 aromatic heterocycles. The number of hydrogen-bond acceptors (Lipinski definition) is 4. The molecule has 2 unspecified atom stereocenters. The topological polar surface area (TPSA) is 82.5 Å². The number of piperidine rings is 1. The minimum absolute atomic E-state index is 0.0329. The standard InChI is InChI=1S/C13H14ClN3O3/c14-9-5-15-11(4-8(9)13(19)20)17-3-1-2-7-10(17)6-16-12(7)18/h4-5,7,10H,1-3,6H2,(H,16,18)(H,19,20). The maximum absolute atomic E-state index is 11.7. The molecule has 2 aliphatic heterocycles. The second kappa shape index (κ2) is 4.94. The Hall–Kier alpha value is -1.82. The summed E-state index contributed by atoms with van der Waals surface area (Å²) in [6.45, 7) is 1.35. The lowest BCUT2D eigenvalue weighted by Crippen LogP contribution is -2.46. The number of nitrogens with one attached hydrogen (secondary N) is 1. The number of aromatic carboxylic acids is 1. The Morgan fingerprint density at radius 3 is 3.10 bits per heavy atom. The van der Waals surface area contributed by atoms with Crippen molar-refractivity contribution in [3.8, 4) is 0 Å². The molecule has 0 spiro atoms.